The molecule has 122 valence electrons. The maximum absolute atomic E-state index is 12.2. The maximum Gasteiger partial charge on any atom is 0.224 e. The van der Waals surface area contributed by atoms with Crippen molar-refractivity contribution in [3.63, 3.8) is 0 Å². The van der Waals surface area contributed by atoms with Gasteiger partial charge in [-0.2, -0.15) is 0 Å². The SMILES string of the molecule is CCC(C)N(CCC(=O)N(C)CCc1ccncc1)C(C)=O. The van der Waals surface area contributed by atoms with E-state index in [0.717, 1.165) is 12.8 Å². The number of amides is 2. The van der Waals surface area contributed by atoms with Crippen LogP contribution in [0.5, 0.6) is 0 Å². The number of pyridine rings is 1. The molecule has 22 heavy (non-hydrogen) atoms. The Labute approximate surface area is 133 Å². The number of aromatic nitrogens is 1. The van der Waals surface area contributed by atoms with Crippen molar-refractivity contribution in [2.75, 3.05) is 20.1 Å². The van der Waals surface area contributed by atoms with Gasteiger partial charge in [0.05, 0.1) is 0 Å². The maximum atomic E-state index is 12.2. The van der Waals surface area contributed by atoms with Crippen molar-refractivity contribution in [1.29, 1.82) is 0 Å². The van der Waals surface area contributed by atoms with Crippen LogP contribution < -0.4 is 0 Å². The Morgan fingerprint density at radius 1 is 1.23 bits per heavy atom. The van der Waals surface area contributed by atoms with E-state index < -0.39 is 0 Å². The standard InChI is InChI=1S/C17H27N3O2/c1-5-14(2)20(15(3)21)13-9-17(22)19(4)12-8-16-6-10-18-11-7-16/h6-7,10-11,14H,5,8-9,12-13H2,1-4H3. The molecule has 2 amide bonds. The van der Waals surface area contributed by atoms with E-state index in [9.17, 15) is 9.59 Å². The number of rotatable bonds is 8. The van der Waals surface area contributed by atoms with Gasteiger partial charge in [-0.1, -0.05) is 6.92 Å². The normalized spacial score (nSPS) is 11.8. The Morgan fingerprint density at radius 3 is 2.41 bits per heavy atom. The lowest BCUT2D eigenvalue weighted by Crippen LogP contribution is -2.40. The second kappa shape index (κ2) is 9.18. The van der Waals surface area contributed by atoms with Crippen LogP contribution in [-0.4, -0.2) is 52.8 Å². The molecule has 0 bridgehead atoms. The molecule has 0 saturated heterocycles. The van der Waals surface area contributed by atoms with Gasteiger partial charge >= 0.3 is 0 Å². The number of carbonyl (C=O) groups is 2. The van der Waals surface area contributed by atoms with E-state index in [1.54, 1.807) is 29.1 Å². The van der Waals surface area contributed by atoms with Gasteiger partial charge in [0.1, 0.15) is 0 Å². The van der Waals surface area contributed by atoms with Crippen LogP contribution in [0.3, 0.4) is 0 Å². The molecule has 1 rings (SSSR count). The molecule has 5 nitrogen and oxygen atoms in total. The van der Waals surface area contributed by atoms with Crippen LogP contribution in [0.25, 0.3) is 0 Å². The average Bonchev–Trinajstić information content (AvgIpc) is 2.52. The van der Waals surface area contributed by atoms with E-state index in [1.165, 1.54) is 5.56 Å². The Morgan fingerprint density at radius 2 is 1.86 bits per heavy atom. The van der Waals surface area contributed by atoms with E-state index in [1.807, 2.05) is 33.0 Å². The highest BCUT2D eigenvalue weighted by Crippen LogP contribution is 2.06. The fourth-order valence-corrected chi connectivity index (χ4v) is 2.29. The number of hydrogen-bond acceptors (Lipinski definition) is 3. The van der Waals surface area contributed by atoms with Gasteiger partial charge in [-0.15, -0.1) is 0 Å². The number of nitrogens with zero attached hydrogens (tertiary/aromatic N) is 3. The second-order valence-corrected chi connectivity index (χ2v) is 5.64. The number of carbonyl (C=O) groups excluding carboxylic acids is 2. The van der Waals surface area contributed by atoms with Gasteiger partial charge in [0.2, 0.25) is 11.8 Å². The van der Waals surface area contributed by atoms with Crippen molar-refractivity contribution in [2.45, 2.75) is 46.1 Å². The van der Waals surface area contributed by atoms with E-state index in [0.29, 0.717) is 19.5 Å². The predicted molar refractivity (Wildman–Crippen MR) is 87.3 cm³/mol. The monoisotopic (exact) mass is 305 g/mol. The highest BCUT2D eigenvalue weighted by molar-refractivity contribution is 5.78. The molecule has 0 saturated carbocycles. The van der Waals surface area contributed by atoms with Crippen LogP contribution in [0.1, 0.15) is 39.2 Å². The molecule has 0 spiro atoms. The minimum absolute atomic E-state index is 0.0292. The van der Waals surface area contributed by atoms with Crippen LogP contribution in [0.15, 0.2) is 24.5 Å². The first-order valence-electron chi connectivity index (χ1n) is 7.85. The fourth-order valence-electron chi connectivity index (χ4n) is 2.29. The topological polar surface area (TPSA) is 53.5 Å². The summed E-state index contributed by atoms with van der Waals surface area (Å²) < 4.78 is 0. The summed E-state index contributed by atoms with van der Waals surface area (Å²) in [7, 11) is 1.81. The van der Waals surface area contributed by atoms with Crippen LogP contribution >= 0.6 is 0 Å². The van der Waals surface area contributed by atoms with Gasteiger partial charge in [0, 0.05) is 51.9 Å². The summed E-state index contributed by atoms with van der Waals surface area (Å²) in [6.07, 6.45) is 5.59. The number of likely N-dealkylation sites (N-methyl/N-ethyl adjacent to an activating group) is 1. The van der Waals surface area contributed by atoms with Crippen LogP contribution in [0.2, 0.25) is 0 Å². The molecule has 0 N–H and O–H groups in total. The molecule has 1 heterocycles. The third-order valence-electron chi connectivity index (χ3n) is 4.00. The molecular weight excluding hydrogens is 278 g/mol. The van der Waals surface area contributed by atoms with Crippen molar-refractivity contribution < 1.29 is 9.59 Å². The summed E-state index contributed by atoms with van der Waals surface area (Å²) in [5.41, 5.74) is 1.17. The average molecular weight is 305 g/mol. The zero-order valence-corrected chi connectivity index (χ0v) is 14.1. The van der Waals surface area contributed by atoms with Crippen molar-refractivity contribution in [3.05, 3.63) is 30.1 Å². The van der Waals surface area contributed by atoms with E-state index >= 15 is 0 Å². The Kier molecular flexibility index (Phi) is 7.57. The number of hydrogen-bond donors (Lipinski definition) is 0. The van der Waals surface area contributed by atoms with Crippen molar-refractivity contribution in [3.8, 4) is 0 Å². The molecule has 1 aromatic rings. The smallest absolute Gasteiger partial charge is 0.224 e. The lowest BCUT2D eigenvalue weighted by Gasteiger charge is -2.28. The molecule has 0 aliphatic carbocycles. The Balaban J connectivity index is 2.41. The molecule has 0 aromatic carbocycles. The second-order valence-electron chi connectivity index (χ2n) is 5.64. The summed E-state index contributed by atoms with van der Waals surface area (Å²) in [5, 5.41) is 0. The highest BCUT2D eigenvalue weighted by atomic mass is 16.2. The lowest BCUT2D eigenvalue weighted by molar-refractivity contribution is -0.133. The molecule has 5 heteroatoms. The minimum Gasteiger partial charge on any atom is -0.345 e. The molecule has 0 aliphatic rings. The molecule has 1 aromatic heterocycles. The quantitative estimate of drug-likeness (QED) is 0.739. The van der Waals surface area contributed by atoms with Gasteiger partial charge in [-0.3, -0.25) is 14.6 Å². The molecule has 1 unspecified atom stereocenters. The van der Waals surface area contributed by atoms with Crippen molar-refractivity contribution in [2.24, 2.45) is 0 Å². The third kappa shape index (κ3) is 5.84. The van der Waals surface area contributed by atoms with Gasteiger partial charge in [-0.25, -0.2) is 0 Å². The van der Waals surface area contributed by atoms with Crippen LogP contribution in [0.4, 0.5) is 0 Å². The lowest BCUT2D eigenvalue weighted by atomic mass is 10.2. The van der Waals surface area contributed by atoms with Crippen molar-refractivity contribution >= 4 is 11.8 Å². The van der Waals surface area contributed by atoms with Crippen molar-refractivity contribution in [1.82, 2.24) is 14.8 Å². The molecule has 0 fully saturated rings. The van der Waals surface area contributed by atoms with E-state index in [4.69, 9.17) is 0 Å². The molecule has 0 aliphatic heterocycles. The Bertz CT molecular complexity index is 476. The first-order chi connectivity index (χ1) is 10.5. The van der Waals surface area contributed by atoms with Crippen LogP contribution in [-0.2, 0) is 16.0 Å². The summed E-state index contributed by atoms with van der Waals surface area (Å²) in [6.45, 7) is 6.78. The highest BCUT2D eigenvalue weighted by Gasteiger charge is 2.17. The van der Waals surface area contributed by atoms with Gasteiger partial charge in [0.25, 0.3) is 0 Å². The van der Waals surface area contributed by atoms with E-state index in [-0.39, 0.29) is 17.9 Å². The summed E-state index contributed by atoms with van der Waals surface area (Å²) in [4.78, 5) is 31.3. The molecular formula is C17H27N3O2. The van der Waals surface area contributed by atoms with Gasteiger partial charge in [0.15, 0.2) is 0 Å². The zero-order chi connectivity index (χ0) is 16.5. The van der Waals surface area contributed by atoms with Gasteiger partial charge < -0.3 is 9.80 Å². The first kappa shape index (κ1) is 18.1. The third-order valence-corrected chi connectivity index (χ3v) is 4.00. The summed E-state index contributed by atoms with van der Waals surface area (Å²) in [5.74, 6) is 0.102. The minimum atomic E-state index is 0.0292. The summed E-state index contributed by atoms with van der Waals surface area (Å²) >= 11 is 0. The zero-order valence-electron chi connectivity index (χ0n) is 14.1. The fraction of sp³-hybridized carbons (Fsp3) is 0.588. The molecule has 1 atom stereocenters. The van der Waals surface area contributed by atoms with E-state index in [2.05, 4.69) is 4.98 Å². The first-order valence-corrected chi connectivity index (χ1v) is 7.85. The van der Waals surface area contributed by atoms with Gasteiger partial charge in [-0.05, 0) is 37.5 Å². The summed E-state index contributed by atoms with van der Waals surface area (Å²) in [6, 6.07) is 4.09. The largest absolute Gasteiger partial charge is 0.345 e. The Hall–Kier alpha value is -1.91. The predicted octanol–water partition coefficient (Wildman–Crippen LogP) is 2.12. The van der Waals surface area contributed by atoms with Crippen LogP contribution in [0, 0.1) is 0 Å². The molecule has 0 radical (unpaired) electrons.